The minimum absolute atomic E-state index is 0.00249. The van der Waals surface area contributed by atoms with Gasteiger partial charge in [-0.15, -0.1) is 5.10 Å². The zero-order chi connectivity index (χ0) is 34.3. The van der Waals surface area contributed by atoms with Gasteiger partial charge in [-0.1, -0.05) is 36.0 Å². The van der Waals surface area contributed by atoms with Crippen molar-refractivity contribution in [3.63, 3.8) is 0 Å². The lowest BCUT2D eigenvalue weighted by atomic mass is 10.1. The van der Waals surface area contributed by atoms with Crippen molar-refractivity contribution in [3.05, 3.63) is 35.1 Å². The van der Waals surface area contributed by atoms with E-state index in [1.165, 1.54) is 6.92 Å². The number of ether oxygens (including phenoxy) is 1. The van der Waals surface area contributed by atoms with Crippen molar-refractivity contribution in [2.45, 2.75) is 74.6 Å². The normalized spacial score (nSPS) is 34.9. The summed E-state index contributed by atoms with van der Waals surface area (Å²) < 4.78 is 101. The van der Waals surface area contributed by atoms with Crippen LogP contribution < -0.4 is 5.32 Å². The number of nitrogens with one attached hydrogen (secondary N) is 1. The molecule has 12 heteroatoms. The third kappa shape index (κ3) is 4.92. The summed E-state index contributed by atoms with van der Waals surface area (Å²) in [5.74, 6) is -1.95. The molecule has 2 aliphatic rings. The quantitative estimate of drug-likeness (QED) is 0.229. The van der Waals surface area contributed by atoms with Crippen molar-refractivity contribution in [1.29, 1.82) is 0 Å². The molecule has 2 saturated carbocycles. The summed E-state index contributed by atoms with van der Waals surface area (Å²) in [6.07, 6.45) is -5.18. The van der Waals surface area contributed by atoms with Gasteiger partial charge in [-0.3, -0.25) is 0 Å². The van der Waals surface area contributed by atoms with E-state index >= 15 is 0 Å². The Morgan fingerprint density at radius 1 is 1.33 bits per heavy atom. The molecule has 0 saturated heterocycles. The molecule has 0 aliphatic heterocycles. The van der Waals surface area contributed by atoms with Crippen LogP contribution in [0.5, 0.6) is 0 Å². The summed E-state index contributed by atoms with van der Waals surface area (Å²) in [6.45, 7) is -3.79. The lowest BCUT2D eigenvalue weighted by Crippen LogP contribution is -2.33. The predicted molar refractivity (Wildman–Crippen MR) is 133 cm³/mol. The summed E-state index contributed by atoms with van der Waals surface area (Å²) in [5.41, 5.74) is -2.25. The van der Waals surface area contributed by atoms with Crippen molar-refractivity contribution in [2.75, 3.05) is 24.1 Å². The van der Waals surface area contributed by atoms with Crippen molar-refractivity contribution in [2.24, 2.45) is 0 Å². The van der Waals surface area contributed by atoms with E-state index in [9.17, 15) is 19.7 Å². The molecule has 36 heavy (non-hydrogen) atoms. The summed E-state index contributed by atoms with van der Waals surface area (Å²) in [7, 11) is 0. The number of benzene rings is 1. The highest BCUT2D eigenvalue weighted by molar-refractivity contribution is 7.99. The van der Waals surface area contributed by atoms with Crippen molar-refractivity contribution in [3.8, 4) is 0 Å². The molecule has 2 aromatic heterocycles. The number of rotatable bonds is 10. The molecule has 2 heterocycles. The highest BCUT2D eigenvalue weighted by atomic mass is 32.2. The SMILES string of the molecule is [2H]c1c([2H])c([C@@H]2C[C@@]2([2H])Nc2nc(SC([2H])([2H])CC)nc3c2nnn3[C@@H]2C[C@H](OC([2H])([2H])C([2H])([2H])O)[C@@H](O)[C@H]2O)c([2H])c(F)c1C. The minimum Gasteiger partial charge on any atom is -0.394 e. The molecular weight excluding hydrogens is 487 g/mol. The summed E-state index contributed by atoms with van der Waals surface area (Å²) in [6, 6.07) is -4.17. The van der Waals surface area contributed by atoms with Crippen LogP contribution in [0.4, 0.5) is 10.2 Å². The topological polar surface area (TPSA) is 138 Å². The van der Waals surface area contributed by atoms with Gasteiger partial charge in [0.15, 0.2) is 22.1 Å². The monoisotopic (exact) mass is 528 g/mol. The van der Waals surface area contributed by atoms with Crippen LogP contribution in [-0.4, -0.2) is 83.4 Å². The van der Waals surface area contributed by atoms with Crippen LogP contribution in [-0.2, 0) is 4.74 Å². The smallest absolute Gasteiger partial charge is 0.191 e. The Hall–Kier alpha value is -2.38. The molecule has 0 unspecified atom stereocenters. The molecule has 6 atom stereocenters. The lowest BCUT2D eigenvalue weighted by molar-refractivity contribution is -0.0629. The molecule has 0 radical (unpaired) electrons. The Bertz CT molecular complexity index is 1650. The highest BCUT2D eigenvalue weighted by Crippen LogP contribution is 2.44. The number of halogens is 1. The van der Waals surface area contributed by atoms with E-state index in [1.807, 2.05) is 0 Å². The number of hydrogen-bond acceptors (Lipinski definition) is 10. The van der Waals surface area contributed by atoms with Gasteiger partial charge in [-0.05, 0) is 36.9 Å². The number of fused-ring (bicyclic) bond motifs is 1. The number of nitrogens with zero attached hydrogens (tertiary/aromatic N) is 5. The van der Waals surface area contributed by atoms with Gasteiger partial charge >= 0.3 is 0 Å². The zero-order valence-corrected chi connectivity index (χ0v) is 20.1. The number of anilines is 1. The maximum absolute atomic E-state index is 14.7. The van der Waals surface area contributed by atoms with Gasteiger partial charge in [0, 0.05) is 26.8 Å². The number of aliphatic hydroxyl groups excluding tert-OH is 2. The Morgan fingerprint density at radius 3 is 2.94 bits per heavy atom. The maximum atomic E-state index is 14.7. The standard InChI is InChI=1S/C24H31FN6O4S/c1-3-8-36-24-27-22(26-16-10-14(16)13-5-4-12(2)15(25)9-13)19-23(28-24)31(30-29-19)17-11-18(35-7-6-32)21(34)20(17)33/h4-5,9,14,16-18,20-21,32-34H,3,6-8,10-11H2,1-2H3,(H,26,27,28)/t14-,16+,17+,18-,20-,21+/m0/s1/i4D,5D,6D2,7D2,8D2,9D,16D. The molecule has 2 fully saturated rings. The number of aliphatic hydroxyl groups is 3. The number of hydrogen-bond donors (Lipinski definition) is 4. The largest absolute Gasteiger partial charge is 0.394 e. The lowest BCUT2D eigenvalue weighted by Gasteiger charge is -2.17. The van der Waals surface area contributed by atoms with E-state index in [-0.39, 0.29) is 58.6 Å². The van der Waals surface area contributed by atoms with Gasteiger partial charge in [-0.25, -0.2) is 19.0 Å². The van der Waals surface area contributed by atoms with Gasteiger partial charge in [0.25, 0.3) is 0 Å². The molecule has 4 N–H and O–H groups in total. The molecule has 3 aromatic rings. The summed E-state index contributed by atoms with van der Waals surface area (Å²) in [4.78, 5) is 8.72. The van der Waals surface area contributed by atoms with E-state index in [0.717, 1.165) is 4.68 Å². The van der Waals surface area contributed by atoms with Crippen LogP contribution >= 0.6 is 11.8 Å². The highest BCUT2D eigenvalue weighted by Gasteiger charge is 2.45. The fraction of sp³-hybridized carbons (Fsp3) is 0.583. The summed E-state index contributed by atoms with van der Waals surface area (Å²) in [5, 5.41) is 41.9. The van der Waals surface area contributed by atoms with Crippen LogP contribution in [0.15, 0.2) is 23.3 Å². The van der Waals surface area contributed by atoms with Crippen LogP contribution in [0, 0.1) is 12.7 Å². The number of aromatic nitrogens is 5. The number of thioether (sulfide) groups is 1. The van der Waals surface area contributed by atoms with Crippen LogP contribution in [0.1, 0.15) is 63.0 Å². The maximum Gasteiger partial charge on any atom is 0.191 e. The molecular formula is C24H31FN6O4S. The molecule has 1 aromatic carbocycles. The Morgan fingerprint density at radius 2 is 2.17 bits per heavy atom. The van der Waals surface area contributed by atoms with Crippen molar-refractivity contribution in [1.82, 2.24) is 25.0 Å². The van der Waals surface area contributed by atoms with E-state index in [1.54, 1.807) is 6.92 Å². The summed E-state index contributed by atoms with van der Waals surface area (Å²) >= 11 is 0.647. The molecule has 10 nitrogen and oxygen atoms in total. The fourth-order valence-electron chi connectivity index (χ4n) is 4.09. The van der Waals surface area contributed by atoms with Crippen molar-refractivity contribution >= 4 is 28.7 Å². The molecule has 2 aliphatic carbocycles. The molecule has 194 valence electrons. The van der Waals surface area contributed by atoms with Gasteiger partial charge in [0.05, 0.1) is 36.2 Å². The van der Waals surface area contributed by atoms with Crippen LogP contribution in [0.25, 0.3) is 11.2 Å². The van der Waals surface area contributed by atoms with E-state index in [0.29, 0.717) is 11.8 Å². The Kier molecular flexibility index (Phi) is 4.62. The third-order valence-electron chi connectivity index (χ3n) is 6.05. The molecule has 5 rings (SSSR count). The average molecular weight is 529 g/mol. The van der Waals surface area contributed by atoms with Crippen LogP contribution in [0.2, 0.25) is 0 Å². The Balaban J connectivity index is 1.53. The molecule has 0 amide bonds. The Labute approximate surface area is 226 Å². The van der Waals surface area contributed by atoms with E-state index in [4.69, 9.17) is 18.4 Å². The second kappa shape index (κ2) is 10.5. The van der Waals surface area contributed by atoms with Gasteiger partial charge in [0.1, 0.15) is 18.0 Å². The first kappa shape index (κ1) is 15.8. The first-order chi connectivity index (χ1) is 21.1. The fourth-order valence-corrected chi connectivity index (χ4v) is 4.64. The van der Waals surface area contributed by atoms with E-state index in [2.05, 4.69) is 25.6 Å². The first-order valence-corrected chi connectivity index (χ1v) is 12.1. The third-order valence-corrected chi connectivity index (χ3v) is 6.85. The van der Waals surface area contributed by atoms with Gasteiger partial charge in [0.2, 0.25) is 0 Å². The van der Waals surface area contributed by atoms with Gasteiger partial charge < -0.3 is 25.4 Å². The molecule has 0 spiro atoms. The predicted octanol–water partition coefficient (Wildman–Crippen LogP) is 2.18. The first-order valence-electron chi connectivity index (χ1n) is 16.2. The second-order valence-corrected chi connectivity index (χ2v) is 9.31. The second-order valence-electron chi connectivity index (χ2n) is 8.45. The average Bonchev–Trinajstić information content (AvgIpc) is 3.27. The minimum atomic E-state index is -3.44. The van der Waals surface area contributed by atoms with Crippen LogP contribution in [0.3, 0.4) is 0 Å². The zero-order valence-electron chi connectivity index (χ0n) is 29.3. The van der Waals surface area contributed by atoms with E-state index < -0.39 is 73.0 Å². The van der Waals surface area contributed by atoms with Gasteiger partial charge in [-0.2, -0.15) is 0 Å². The van der Waals surface area contributed by atoms with Crippen molar-refractivity contribution < 1.29 is 38.2 Å². The molecule has 0 bridgehead atoms.